The summed E-state index contributed by atoms with van der Waals surface area (Å²) in [5.74, 6) is -0.852. The van der Waals surface area contributed by atoms with Crippen LogP contribution in [0.2, 0.25) is 0 Å². The Balaban J connectivity index is 3.27. The lowest BCUT2D eigenvalue weighted by molar-refractivity contribution is -0.141. The second kappa shape index (κ2) is 15.3. The molecule has 0 aliphatic heterocycles. The molecule has 2 heteroatoms. The van der Waals surface area contributed by atoms with Gasteiger partial charge in [-0.25, -0.2) is 0 Å². The summed E-state index contributed by atoms with van der Waals surface area (Å²) < 4.78 is 0. The number of carboxylic acids is 1. The van der Waals surface area contributed by atoms with Gasteiger partial charge in [0, 0.05) is 0 Å². The van der Waals surface area contributed by atoms with E-state index in [0.29, 0.717) is 0 Å². The highest BCUT2D eigenvalue weighted by Gasteiger charge is 2.09. The van der Waals surface area contributed by atoms with Gasteiger partial charge in [0.05, 0.1) is 5.92 Å². The van der Waals surface area contributed by atoms with E-state index in [1.807, 2.05) is 0 Å². The van der Waals surface area contributed by atoms with Crippen molar-refractivity contribution in [3.05, 3.63) is 24.3 Å². The third-order valence-corrected chi connectivity index (χ3v) is 3.76. The Morgan fingerprint density at radius 2 is 1.48 bits per heavy atom. The summed E-state index contributed by atoms with van der Waals surface area (Å²) >= 11 is 0. The Labute approximate surface area is 131 Å². The highest BCUT2D eigenvalue weighted by Crippen LogP contribution is 2.11. The molecule has 0 rings (SSSR count). The molecular weight excluding hydrogens is 260 g/mol. The lowest BCUT2D eigenvalue weighted by Gasteiger charge is -2.04. The van der Waals surface area contributed by atoms with Gasteiger partial charge in [0.25, 0.3) is 0 Å². The summed E-state index contributed by atoms with van der Waals surface area (Å²) in [4.78, 5) is 10.6. The largest absolute Gasteiger partial charge is 0.481 e. The van der Waals surface area contributed by atoms with E-state index in [2.05, 4.69) is 31.2 Å². The van der Waals surface area contributed by atoms with Gasteiger partial charge in [-0.1, -0.05) is 70.3 Å². The molecule has 0 amide bonds. The van der Waals surface area contributed by atoms with Crippen LogP contribution in [0.25, 0.3) is 0 Å². The molecule has 1 atom stereocenters. The van der Waals surface area contributed by atoms with Crippen molar-refractivity contribution in [3.8, 4) is 0 Å². The Hall–Kier alpha value is -1.05. The molecule has 0 aliphatic carbocycles. The van der Waals surface area contributed by atoms with Crippen molar-refractivity contribution in [2.24, 2.45) is 5.92 Å². The van der Waals surface area contributed by atoms with Crippen LogP contribution in [-0.2, 0) is 4.79 Å². The van der Waals surface area contributed by atoms with Crippen molar-refractivity contribution in [1.29, 1.82) is 0 Å². The molecule has 0 aromatic rings. The van der Waals surface area contributed by atoms with Crippen molar-refractivity contribution in [1.82, 2.24) is 0 Å². The summed E-state index contributed by atoms with van der Waals surface area (Å²) in [5, 5.41) is 8.77. The lowest BCUT2D eigenvalue weighted by atomic mass is 10.0. The average Bonchev–Trinajstić information content (AvgIpc) is 2.47. The predicted molar refractivity (Wildman–Crippen MR) is 91.5 cm³/mol. The van der Waals surface area contributed by atoms with Crippen LogP contribution in [-0.4, -0.2) is 11.1 Å². The van der Waals surface area contributed by atoms with Crippen molar-refractivity contribution in [2.45, 2.75) is 84.5 Å². The average molecular weight is 294 g/mol. The Kier molecular flexibility index (Phi) is 14.6. The molecule has 0 saturated carbocycles. The van der Waals surface area contributed by atoms with Gasteiger partial charge in [-0.15, -0.1) is 0 Å². The van der Waals surface area contributed by atoms with Crippen molar-refractivity contribution < 1.29 is 9.90 Å². The summed E-state index contributed by atoms with van der Waals surface area (Å²) in [6.07, 6.45) is 21.9. The van der Waals surface area contributed by atoms with E-state index in [-0.39, 0.29) is 5.92 Å². The molecule has 0 spiro atoms. The van der Waals surface area contributed by atoms with Gasteiger partial charge in [-0.05, 0) is 38.5 Å². The first-order chi connectivity index (χ1) is 10.2. The van der Waals surface area contributed by atoms with E-state index >= 15 is 0 Å². The van der Waals surface area contributed by atoms with E-state index in [4.69, 9.17) is 5.11 Å². The van der Waals surface area contributed by atoms with Gasteiger partial charge < -0.3 is 5.11 Å². The first kappa shape index (κ1) is 19.9. The number of unbranched alkanes of at least 4 members (excludes halogenated alkanes) is 7. The highest BCUT2D eigenvalue weighted by atomic mass is 16.4. The minimum Gasteiger partial charge on any atom is -0.481 e. The Morgan fingerprint density at radius 3 is 2.05 bits per heavy atom. The van der Waals surface area contributed by atoms with Crippen LogP contribution in [0.3, 0.4) is 0 Å². The van der Waals surface area contributed by atoms with E-state index in [0.717, 1.165) is 32.1 Å². The van der Waals surface area contributed by atoms with Crippen molar-refractivity contribution in [3.63, 3.8) is 0 Å². The van der Waals surface area contributed by atoms with Crippen LogP contribution < -0.4 is 0 Å². The minimum atomic E-state index is -0.666. The number of rotatable bonds is 14. The molecule has 1 N–H and O–H groups in total. The number of aliphatic carboxylic acids is 1. The number of carboxylic acid groups (broad SMARTS) is 1. The SMILES string of the molecule is CCCCC/C=C/C/C=C/CCCCCCC(C)C(=O)O. The molecule has 0 aliphatic rings. The van der Waals surface area contributed by atoms with Crippen LogP contribution in [0.5, 0.6) is 0 Å². The van der Waals surface area contributed by atoms with Crippen molar-refractivity contribution >= 4 is 5.97 Å². The maximum absolute atomic E-state index is 10.6. The first-order valence-electron chi connectivity index (χ1n) is 8.71. The fraction of sp³-hybridized carbons (Fsp3) is 0.737. The topological polar surface area (TPSA) is 37.3 Å². The lowest BCUT2D eigenvalue weighted by Crippen LogP contribution is -2.08. The van der Waals surface area contributed by atoms with Crippen molar-refractivity contribution in [2.75, 3.05) is 0 Å². The second-order valence-electron chi connectivity index (χ2n) is 5.91. The zero-order valence-electron chi connectivity index (χ0n) is 14.0. The van der Waals surface area contributed by atoms with E-state index in [9.17, 15) is 4.79 Å². The summed E-state index contributed by atoms with van der Waals surface area (Å²) in [6, 6.07) is 0. The number of hydrogen-bond donors (Lipinski definition) is 1. The van der Waals surface area contributed by atoms with Gasteiger partial charge in [-0.2, -0.15) is 0 Å². The van der Waals surface area contributed by atoms with Crippen LogP contribution in [0.4, 0.5) is 0 Å². The standard InChI is InChI=1S/C19H34O2/c1-3-4-5-6-7-8-9-10-11-12-13-14-15-16-17-18(2)19(20)21/h7-8,10-11,18H,3-6,9,12-17H2,1-2H3,(H,20,21)/b8-7+,11-10+. The van der Waals surface area contributed by atoms with E-state index in [1.54, 1.807) is 6.92 Å². The zero-order chi connectivity index (χ0) is 15.8. The summed E-state index contributed by atoms with van der Waals surface area (Å²) in [6.45, 7) is 4.03. The third-order valence-electron chi connectivity index (χ3n) is 3.76. The quantitative estimate of drug-likeness (QED) is 0.309. The van der Waals surface area contributed by atoms with E-state index < -0.39 is 5.97 Å². The van der Waals surface area contributed by atoms with Gasteiger partial charge in [-0.3, -0.25) is 4.79 Å². The summed E-state index contributed by atoms with van der Waals surface area (Å²) in [7, 11) is 0. The van der Waals surface area contributed by atoms with Crippen LogP contribution in [0, 0.1) is 5.92 Å². The Bertz CT molecular complexity index is 292. The van der Waals surface area contributed by atoms with Crippen LogP contribution in [0.15, 0.2) is 24.3 Å². The molecule has 0 bridgehead atoms. The van der Waals surface area contributed by atoms with Gasteiger partial charge in [0.15, 0.2) is 0 Å². The normalized spacial score (nSPS) is 13.2. The molecule has 2 nitrogen and oxygen atoms in total. The maximum Gasteiger partial charge on any atom is 0.306 e. The fourth-order valence-electron chi connectivity index (χ4n) is 2.21. The molecule has 0 radical (unpaired) electrons. The molecule has 0 fully saturated rings. The molecule has 0 heterocycles. The van der Waals surface area contributed by atoms with Gasteiger partial charge >= 0.3 is 5.97 Å². The van der Waals surface area contributed by atoms with Gasteiger partial charge in [0.1, 0.15) is 0 Å². The zero-order valence-corrected chi connectivity index (χ0v) is 14.0. The predicted octanol–water partition coefficient (Wildman–Crippen LogP) is 6.13. The second-order valence-corrected chi connectivity index (χ2v) is 5.91. The molecule has 1 unspecified atom stereocenters. The first-order valence-corrected chi connectivity index (χ1v) is 8.71. The number of allylic oxidation sites excluding steroid dienone is 4. The number of carbonyl (C=O) groups is 1. The molecule has 21 heavy (non-hydrogen) atoms. The molecule has 0 aromatic heterocycles. The van der Waals surface area contributed by atoms with E-state index in [1.165, 1.54) is 38.5 Å². The van der Waals surface area contributed by atoms with Gasteiger partial charge in [0.2, 0.25) is 0 Å². The molecule has 0 saturated heterocycles. The monoisotopic (exact) mass is 294 g/mol. The number of hydrogen-bond acceptors (Lipinski definition) is 1. The smallest absolute Gasteiger partial charge is 0.306 e. The fourth-order valence-corrected chi connectivity index (χ4v) is 2.21. The molecule has 122 valence electrons. The Morgan fingerprint density at radius 1 is 0.905 bits per heavy atom. The van der Waals surface area contributed by atoms with Crippen LogP contribution in [0.1, 0.15) is 84.5 Å². The summed E-state index contributed by atoms with van der Waals surface area (Å²) in [5.41, 5.74) is 0. The molecule has 0 aromatic carbocycles. The maximum atomic E-state index is 10.6. The minimum absolute atomic E-state index is 0.186. The highest BCUT2D eigenvalue weighted by molar-refractivity contribution is 5.69. The molecular formula is C19H34O2. The third kappa shape index (κ3) is 15.2. The van der Waals surface area contributed by atoms with Crippen LogP contribution >= 0.6 is 0 Å².